The minimum absolute atomic E-state index is 0.0184. The Hall–Kier alpha value is -1.07. The summed E-state index contributed by atoms with van der Waals surface area (Å²) in [7, 11) is 0. The lowest BCUT2D eigenvalue weighted by Gasteiger charge is -2.24. The SMILES string of the molecule is CC(SC1CCNCC1)C(=O)Nc1ccc(F)cc1. The summed E-state index contributed by atoms with van der Waals surface area (Å²) in [6.45, 7) is 3.99. The molecule has 1 heterocycles. The van der Waals surface area contributed by atoms with Crippen LogP contribution in [0.5, 0.6) is 0 Å². The Morgan fingerprint density at radius 2 is 2.00 bits per heavy atom. The van der Waals surface area contributed by atoms with Crippen molar-refractivity contribution in [3.63, 3.8) is 0 Å². The molecule has 1 amide bonds. The highest BCUT2D eigenvalue weighted by Gasteiger charge is 2.21. The van der Waals surface area contributed by atoms with Crippen LogP contribution in [0.3, 0.4) is 0 Å². The lowest BCUT2D eigenvalue weighted by Crippen LogP contribution is -2.32. The van der Waals surface area contributed by atoms with Crippen LogP contribution in [0.25, 0.3) is 0 Å². The Morgan fingerprint density at radius 1 is 1.37 bits per heavy atom. The molecular weight excluding hydrogens is 263 g/mol. The van der Waals surface area contributed by atoms with Gasteiger partial charge in [-0.05, 0) is 57.1 Å². The van der Waals surface area contributed by atoms with Gasteiger partial charge in [-0.15, -0.1) is 11.8 Å². The molecule has 0 aliphatic carbocycles. The summed E-state index contributed by atoms with van der Waals surface area (Å²) >= 11 is 1.72. The van der Waals surface area contributed by atoms with E-state index >= 15 is 0 Å². The molecule has 1 fully saturated rings. The molecule has 1 unspecified atom stereocenters. The number of piperidine rings is 1. The molecule has 1 aliphatic rings. The van der Waals surface area contributed by atoms with E-state index in [-0.39, 0.29) is 17.0 Å². The van der Waals surface area contributed by atoms with E-state index in [0.29, 0.717) is 10.9 Å². The summed E-state index contributed by atoms with van der Waals surface area (Å²) in [5.74, 6) is -0.315. The molecule has 1 saturated heterocycles. The van der Waals surface area contributed by atoms with Crippen molar-refractivity contribution in [2.45, 2.75) is 30.3 Å². The van der Waals surface area contributed by atoms with Gasteiger partial charge in [-0.3, -0.25) is 4.79 Å². The van der Waals surface area contributed by atoms with Gasteiger partial charge in [-0.2, -0.15) is 0 Å². The molecule has 2 rings (SSSR count). The lowest BCUT2D eigenvalue weighted by atomic mass is 10.2. The van der Waals surface area contributed by atoms with Gasteiger partial charge < -0.3 is 10.6 Å². The number of nitrogens with one attached hydrogen (secondary N) is 2. The molecule has 5 heteroatoms. The molecule has 19 heavy (non-hydrogen) atoms. The number of rotatable bonds is 4. The Kier molecular flexibility index (Phi) is 5.22. The number of halogens is 1. The second-order valence-corrected chi connectivity index (χ2v) is 6.37. The molecule has 1 aromatic carbocycles. The van der Waals surface area contributed by atoms with Crippen molar-refractivity contribution in [3.8, 4) is 0 Å². The molecule has 1 aromatic rings. The Balaban J connectivity index is 1.83. The summed E-state index contributed by atoms with van der Waals surface area (Å²) < 4.78 is 12.8. The van der Waals surface area contributed by atoms with E-state index in [2.05, 4.69) is 10.6 Å². The number of benzene rings is 1. The molecule has 0 aromatic heterocycles. The molecule has 0 bridgehead atoms. The Labute approximate surface area is 117 Å². The van der Waals surface area contributed by atoms with Crippen LogP contribution in [0.2, 0.25) is 0 Å². The third kappa shape index (κ3) is 4.51. The average molecular weight is 282 g/mol. The van der Waals surface area contributed by atoms with Crippen molar-refractivity contribution < 1.29 is 9.18 Å². The van der Waals surface area contributed by atoms with Crippen LogP contribution in [-0.2, 0) is 4.79 Å². The number of hydrogen-bond acceptors (Lipinski definition) is 3. The summed E-state index contributed by atoms with van der Waals surface area (Å²) in [5, 5.41) is 6.59. The van der Waals surface area contributed by atoms with Gasteiger partial charge in [0, 0.05) is 10.9 Å². The lowest BCUT2D eigenvalue weighted by molar-refractivity contribution is -0.115. The van der Waals surface area contributed by atoms with E-state index in [9.17, 15) is 9.18 Å². The zero-order valence-electron chi connectivity index (χ0n) is 11.0. The maximum absolute atomic E-state index is 12.8. The van der Waals surface area contributed by atoms with Crippen molar-refractivity contribution >= 4 is 23.4 Å². The molecule has 1 atom stereocenters. The zero-order valence-corrected chi connectivity index (χ0v) is 11.8. The molecule has 0 radical (unpaired) electrons. The average Bonchev–Trinajstić information content (AvgIpc) is 2.42. The normalized spacial score (nSPS) is 18.0. The summed E-state index contributed by atoms with van der Waals surface area (Å²) in [6, 6.07) is 5.85. The first-order chi connectivity index (χ1) is 9.15. The van der Waals surface area contributed by atoms with Gasteiger partial charge in [0.05, 0.1) is 5.25 Å². The van der Waals surface area contributed by atoms with Crippen molar-refractivity contribution in [3.05, 3.63) is 30.1 Å². The fourth-order valence-electron chi connectivity index (χ4n) is 2.06. The first kappa shape index (κ1) is 14.3. The number of thioether (sulfide) groups is 1. The van der Waals surface area contributed by atoms with Gasteiger partial charge in [-0.1, -0.05) is 0 Å². The quantitative estimate of drug-likeness (QED) is 0.892. The third-order valence-corrected chi connectivity index (χ3v) is 4.64. The van der Waals surface area contributed by atoms with Crippen LogP contribution in [-0.4, -0.2) is 29.5 Å². The third-order valence-electron chi connectivity index (χ3n) is 3.16. The van der Waals surface area contributed by atoms with Gasteiger partial charge >= 0.3 is 0 Å². The first-order valence-electron chi connectivity index (χ1n) is 6.58. The van der Waals surface area contributed by atoms with E-state index in [4.69, 9.17) is 0 Å². The predicted octanol–water partition coefficient (Wildman–Crippen LogP) is 2.64. The maximum atomic E-state index is 12.8. The smallest absolute Gasteiger partial charge is 0.237 e. The summed E-state index contributed by atoms with van der Waals surface area (Å²) in [5.41, 5.74) is 0.643. The predicted molar refractivity (Wildman–Crippen MR) is 78.0 cm³/mol. The summed E-state index contributed by atoms with van der Waals surface area (Å²) in [6.07, 6.45) is 2.22. The number of carbonyl (C=O) groups excluding carboxylic acids is 1. The van der Waals surface area contributed by atoms with Crippen LogP contribution in [0.15, 0.2) is 24.3 Å². The standard InChI is InChI=1S/C14H19FN2OS/c1-10(19-13-6-8-16-9-7-13)14(18)17-12-4-2-11(15)3-5-12/h2-5,10,13,16H,6-9H2,1H3,(H,17,18). The monoisotopic (exact) mass is 282 g/mol. The zero-order chi connectivity index (χ0) is 13.7. The van der Waals surface area contributed by atoms with Gasteiger partial charge in [0.15, 0.2) is 0 Å². The Morgan fingerprint density at radius 3 is 2.63 bits per heavy atom. The number of anilines is 1. The van der Waals surface area contributed by atoms with E-state index < -0.39 is 0 Å². The topological polar surface area (TPSA) is 41.1 Å². The van der Waals surface area contributed by atoms with E-state index in [1.54, 1.807) is 23.9 Å². The van der Waals surface area contributed by atoms with Gasteiger partial charge in [0.2, 0.25) is 5.91 Å². The maximum Gasteiger partial charge on any atom is 0.237 e. The van der Waals surface area contributed by atoms with Crippen molar-refractivity contribution in [2.24, 2.45) is 0 Å². The summed E-state index contributed by atoms with van der Waals surface area (Å²) in [4.78, 5) is 12.0. The second kappa shape index (κ2) is 6.91. The van der Waals surface area contributed by atoms with Crippen LogP contribution in [0.4, 0.5) is 10.1 Å². The molecule has 0 spiro atoms. The fourth-order valence-corrected chi connectivity index (χ4v) is 3.33. The number of carbonyl (C=O) groups is 1. The molecule has 1 aliphatic heterocycles. The van der Waals surface area contributed by atoms with Gasteiger partial charge in [-0.25, -0.2) is 4.39 Å². The number of hydrogen-bond donors (Lipinski definition) is 2. The number of amides is 1. The second-order valence-electron chi connectivity index (χ2n) is 4.72. The van der Waals surface area contributed by atoms with E-state index in [1.807, 2.05) is 6.92 Å². The Bertz CT molecular complexity index is 418. The largest absolute Gasteiger partial charge is 0.325 e. The van der Waals surface area contributed by atoms with Crippen molar-refractivity contribution in [1.82, 2.24) is 5.32 Å². The highest BCUT2D eigenvalue weighted by molar-refractivity contribution is 8.01. The molecule has 0 saturated carbocycles. The molecule has 2 N–H and O–H groups in total. The van der Waals surface area contributed by atoms with Crippen LogP contribution in [0.1, 0.15) is 19.8 Å². The first-order valence-corrected chi connectivity index (χ1v) is 7.52. The van der Waals surface area contributed by atoms with Crippen molar-refractivity contribution in [2.75, 3.05) is 18.4 Å². The fraction of sp³-hybridized carbons (Fsp3) is 0.500. The van der Waals surface area contributed by atoms with Gasteiger partial charge in [0.1, 0.15) is 5.82 Å². The molecular formula is C14H19FN2OS. The highest BCUT2D eigenvalue weighted by Crippen LogP contribution is 2.25. The molecule has 3 nitrogen and oxygen atoms in total. The van der Waals surface area contributed by atoms with E-state index in [1.165, 1.54) is 12.1 Å². The van der Waals surface area contributed by atoms with Crippen molar-refractivity contribution in [1.29, 1.82) is 0 Å². The van der Waals surface area contributed by atoms with Gasteiger partial charge in [0.25, 0.3) is 0 Å². The highest BCUT2D eigenvalue weighted by atomic mass is 32.2. The van der Waals surface area contributed by atoms with Crippen LogP contribution in [0, 0.1) is 5.82 Å². The van der Waals surface area contributed by atoms with E-state index in [0.717, 1.165) is 25.9 Å². The molecule has 104 valence electrons. The minimum atomic E-state index is -0.296. The van der Waals surface area contributed by atoms with Crippen LogP contribution >= 0.6 is 11.8 Å². The minimum Gasteiger partial charge on any atom is -0.325 e. The van der Waals surface area contributed by atoms with Crippen LogP contribution < -0.4 is 10.6 Å².